The third kappa shape index (κ3) is 4.28. The number of aryl methyl sites for hydroxylation is 4. The van der Waals surface area contributed by atoms with Gasteiger partial charge in [-0.1, -0.05) is 41.2 Å². The Morgan fingerprint density at radius 1 is 1.07 bits per heavy atom. The van der Waals surface area contributed by atoms with Crippen LogP contribution in [-0.2, 0) is 17.8 Å². The van der Waals surface area contributed by atoms with Crippen molar-refractivity contribution in [2.75, 3.05) is 11.4 Å². The van der Waals surface area contributed by atoms with E-state index < -0.39 is 0 Å². The summed E-state index contributed by atoms with van der Waals surface area (Å²) in [5.74, 6) is 0.0579. The van der Waals surface area contributed by atoms with Crippen molar-refractivity contribution in [3.63, 3.8) is 0 Å². The van der Waals surface area contributed by atoms with Gasteiger partial charge in [0.15, 0.2) is 5.13 Å². The maximum Gasteiger partial charge on any atom is 0.233 e. The van der Waals surface area contributed by atoms with Crippen LogP contribution in [0, 0.1) is 27.7 Å². The molecule has 0 bridgehead atoms. The highest BCUT2D eigenvalue weighted by molar-refractivity contribution is 7.22. The van der Waals surface area contributed by atoms with Crippen LogP contribution in [0.3, 0.4) is 0 Å². The minimum absolute atomic E-state index is 0.0579. The first kappa shape index (κ1) is 20.3. The summed E-state index contributed by atoms with van der Waals surface area (Å²) in [6.07, 6.45) is 4.03. The molecule has 0 aliphatic heterocycles. The van der Waals surface area contributed by atoms with E-state index >= 15 is 0 Å². The normalized spacial score (nSPS) is 11.2. The molecule has 0 saturated carbocycles. The number of nitrogens with zero attached hydrogens (tertiary/aromatic N) is 4. The Labute approximate surface area is 181 Å². The Morgan fingerprint density at radius 3 is 2.60 bits per heavy atom. The predicted molar refractivity (Wildman–Crippen MR) is 123 cm³/mol. The van der Waals surface area contributed by atoms with Gasteiger partial charge in [-0.25, -0.2) is 4.98 Å². The molecular weight excluding hydrogens is 392 g/mol. The Balaban J connectivity index is 1.66. The van der Waals surface area contributed by atoms with Gasteiger partial charge in [-0.05, 0) is 62.1 Å². The molecule has 154 valence electrons. The third-order valence-electron chi connectivity index (χ3n) is 5.30. The molecule has 0 spiro atoms. The zero-order chi connectivity index (χ0) is 21.3. The van der Waals surface area contributed by atoms with Gasteiger partial charge in [0.25, 0.3) is 0 Å². The van der Waals surface area contributed by atoms with Gasteiger partial charge in [-0.3, -0.25) is 14.4 Å². The van der Waals surface area contributed by atoms with E-state index in [1.807, 2.05) is 21.8 Å². The van der Waals surface area contributed by atoms with Crippen LogP contribution >= 0.6 is 11.3 Å². The van der Waals surface area contributed by atoms with Gasteiger partial charge < -0.3 is 0 Å². The number of hydrogen-bond acceptors (Lipinski definition) is 4. The smallest absolute Gasteiger partial charge is 0.233 e. The van der Waals surface area contributed by atoms with Crippen molar-refractivity contribution in [1.82, 2.24) is 14.8 Å². The standard InChI is InChI=1S/C24H26N4OS/c1-16-6-7-20(18(3)12-16)15-22(29)28(11-10-27-9-5-8-25-27)24-26-23-19(4)13-17(2)14-21(23)30-24/h5-9,12-14H,10-11,15H2,1-4H3. The van der Waals surface area contributed by atoms with E-state index in [4.69, 9.17) is 4.98 Å². The van der Waals surface area contributed by atoms with Gasteiger partial charge in [0, 0.05) is 18.9 Å². The average Bonchev–Trinajstić information content (AvgIpc) is 3.34. The lowest BCUT2D eigenvalue weighted by Crippen LogP contribution is -2.35. The third-order valence-corrected chi connectivity index (χ3v) is 6.33. The van der Waals surface area contributed by atoms with Crippen LogP contribution in [0.5, 0.6) is 0 Å². The van der Waals surface area contributed by atoms with Crippen LogP contribution in [-0.4, -0.2) is 27.2 Å². The number of rotatable bonds is 6. The van der Waals surface area contributed by atoms with Crippen molar-refractivity contribution in [3.8, 4) is 0 Å². The molecule has 5 nitrogen and oxygen atoms in total. The van der Waals surface area contributed by atoms with E-state index in [-0.39, 0.29) is 5.91 Å². The van der Waals surface area contributed by atoms with Crippen LogP contribution in [0.1, 0.15) is 27.8 Å². The summed E-state index contributed by atoms with van der Waals surface area (Å²) < 4.78 is 2.96. The SMILES string of the molecule is Cc1ccc(CC(=O)N(CCn2cccn2)c2nc3c(C)cc(C)cc3s2)c(C)c1. The molecule has 0 fully saturated rings. The van der Waals surface area contributed by atoms with Gasteiger partial charge >= 0.3 is 0 Å². The molecule has 2 heterocycles. The molecule has 0 aliphatic carbocycles. The average molecular weight is 419 g/mol. The summed E-state index contributed by atoms with van der Waals surface area (Å²) in [6, 6.07) is 12.4. The Morgan fingerprint density at radius 2 is 1.87 bits per heavy atom. The molecule has 0 radical (unpaired) electrons. The molecule has 0 aliphatic rings. The van der Waals surface area contributed by atoms with Crippen LogP contribution in [0.25, 0.3) is 10.2 Å². The summed E-state index contributed by atoms with van der Waals surface area (Å²) in [5, 5.41) is 5.03. The van der Waals surface area contributed by atoms with E-state index in [1.165, 1.54) is 11.1 Å². The highest BCUT2D eigenvalue weighted by atomic mass is 32.1. The van der Waals surface area contributed by atoms with E-state index in [9.17, 15) is 4.79 Å². The van der Waals surface area contributed by atoms with Crippen LogP contribution in [0.4, 0.5) is 5.13 Å². The molecule has 0 unspecified atom stereocenters. The van der Waals surface area contributed by atoms with Crippen molar-refractivity contribution in [2.45, 2.75) is 40.7 Å². The number of thiazole rings is 1. The van der Waals surface area contributed by atoms with Crippen molar-refractivity contribution in [2.24, 2.45) is 0 Å². The summed E-state index contributed by atoms with van der Waals surface area (Å²) in [7, 11) is 0. The van der Waals surface area contributed by atoms with Crippen LogP contribution < -0.4 is 4.90 Å². The molecule has 2 aromatic carbocycles. The Bertz CT molecular complexity index is 1190. The Hall–Kier alpha value is -2.99. The maximum absolute atomic E-state index is 13.4. The molecule has 2 aromatic heterocycles. The molecule has 1 amide bonds. The van der Waals surface area contributed by atoms with E-state index in [0.29, 0.717) is 19.5 Å². The zero-order valence-electron chi connectivity index (χ0n) is 17.8. The predicted octanol–water partition coefficient (Wildman–Crippen LogP) is 5.00. The second kappa shape index (κ2) is 8.40. The fourth-order valence-electron chi connectivity index (χ4n) is 3.74. The molecule has 4 rings (SSSR count). The fraction of sp³-hybridized carbons (Fsp3) is 0.292. The van der Waals surface area contributed by atoms with Gasteiger partial charge in [0.2, 0.25) is 5.91 Å². The minimum atomic E-state index is 0.0579. The number of carbonyl (C=O) groups is 1. The van der Waals surface area contributed by atoms with Gasteiger partial charge in [-0.2, -0.15) is 5.10 Å². The summed E-state index contributed by atoms with van der Waals surface area (Å²) in [4.78, 5) is 20.1. The number of benzene rings is 2. The number of carbonyl (C=O) groups excluding carboxylic acids is 1. The Kier molecular flexibility index (Phi) is 5.68. The highest BCUT2D eigenvalue weighted by Gasteiger charge is 2.21. The first-order valence-electron chi connectivity index (χ1n) is 10.1. The van der Waals surface area contributed by atoms with Crippen LogP contribution in [0.2, 0.25) is 0 Å². The van der Waals surface area contributed by atoms with Crippen molar-refractivity contribution >= 4 is 32.6 Å². The maximum atomic E-state index is 13.4. The number of aromatic nitrogens is 3. The lowest BCUT2D eigenvalue weighted by molar-refractivity contribution is -0.118. The molecular formula is C24H26N4OS. The molecule has 0 N–H and O–H groups in total. The molecule has 30 heavy (non-hydrogen) atoms. The second-order valence-corrected chi connectivity index (χ2v) is 8.86. The van der Waals surface area contributed by atoms with E-state index in [0.717, 1.165) is 32.0 Å². The first-order valence-corrected chi connectivity index (χ1v) is 10.9. The molecule has 4 aromatic rings. The minimum Gasteiger partial charge on any atom is -0.286 e. The topological polar surface area (TPSA) is 51.0 Å². The largest absolute Gasteiger partial charge is 0.286 e. The highest BCUT2D eigenvalue weighted by Crippen LogP contribution is 2.32. The molecule has 6 heteroatoms. The van der Waals surface area contributed by atoms with Gasteiger partial charge in [0.05, 0.1) is 23.2 Å². The zero-order valence-corrected chi connectivity index (χ0v) is 18.7. The van der Waals surface area contributed by atoms with Crippen molar-refractivity contribution < 1.29 is 4.79 Å². The summed E-state index contributed by atoms with van der Waals surface area (Å²) in [5.41, 5.74) is 6.73. The molecule has 0 saturated heterocycles. The second-order valence-electron chi connectivity index (χ2n) is 7.85. The number of amides is 1. The van der Waals surface area contributed by atoms with E-state index in [1.54, 1.807) is 17.5 Å². The number of anilines is 1. The fourth-order valence-corrected chi connectivity index (χ4v) is 4.92. The van der Waals surface area contributed by atoms with Crippen molar-refractivity contribution in [3.05, 3.63) is 76.6 Å². The van der Waals surface area contributed by atoms with Crippen molar-refractivity contribution in [1.29, 1.82) is 0 Å². The lowest BCUT2D eigenvalue weighted by atomic mass is 10.0. The lowest BCUT2D eigenvalue weighted by Gasteiger charge is -2.20. The van der Waals surface area contributed by atoms with Crippen LogP contribution in [0.15, 0.2) is 48.8 Å². The van der Waals surface area contributed by atoms with Gasteiger partial charge in [-0.15, -0.1) is 0 Å². The van der Waals surface area contributed by atoms with Gasteiger partial charge in [0.1, 0.15) is 0 Å². The first-order chi connectivity index (χ1) is 14.4. The number of hydrogen-bond donors (Lipinski definition) is 0. The summed E-state index contributed by atoms with van der Waals surface area (Å²) in [6.45, 7) is 9.45. The quantitative estimate of drug-likeness (QED) is 0.443. The monoisotopic (exact) mass is 418 g/mol. The number of fused-ring (bicyclic) bond motifs is 1. The molecule has 0 atom stereocenters. The van der Waals surface area contributed by atoms with E-state index in [2.05, 4.69) is 63.1 Å². The summed E-state index contributed by atoms with van der Waals surface area (Å²) >= 11 is 1.58.